The van der Waals surface area contributed by atoms with E-state index in [0.717, 1.165) is 19.3 Å². The summed E-state index contributed by atoms with van der Waals surface area (Å²) in [5.74, 6) is 0.122. The second-order valence-electron chi connectivity index (χ2n) is 4.74. The normalized spacial score (nSPS) is 12.2. The third-order valence-corrected chi connectivity index (χ3v) is 3.10. The van der Waals surface area contributed by atoms with Crippen molar-refractivity contribution in [2.75, 3.05) is 6.54 Å². The first-order chi connectivity index (χ1) is 8.65. The molecule has 0 radical (unpaired) electrons. The highest BCUT2D eigenvalue weighted by atomic mass is 16.1. The minimum Gasteiger partial charge on any atom is -0.353 e. The van der Waals surface area contributed by atoms with Crippen LogP contribution in [0.25, 0.3) is 0 Å². The van der Waals surface area contributed by atoms with Crippen molar-refractivity contribution in [2.24, 2.45) is 5.73 Å². The van der Waals surface area contributed by atoms with E-state index >= 15 is 0 Å². The molecule has 100 valence electrons. The van der Waals surface area contributed by atoms with Crippen LogP contribution in [0.2, 0.25) is 0 Å². The Labute approximate surface area is 110 Å². The van der Waals surface area contributed by atoms with Gasteiger partial charge in [0.05, 0.1) is 0 Å². The minimum absolute atomic E-state index is 0.122. The van der Waals surface area contributed by atoms with Crippen LogP contribution in [-0.2, 0) is 11.2 Å². The van der Waals surface area contributed by atoms with E-state index in [-0.39, 0.29) is 11.9 Å². The van der Waals surface area contributed by atoms with Crippen LogP contribution in [0.5, 0.6) is 0 Å². The number of benzene rings is 1. The van der Waals surface area contributed by atoms with E-state index in [0.29, 0.717) is 13.0 Å². The van der Waals surface area contributed by atoms with Gasteiger partial charge in [-0.2, -0.15) is 0 Å². The van der Waals surface area contributed by atoms with Crippen LogP contribution < -0.4 is 11.1 Å². The van der Waals surface area contributed by atoms with E-state index in [9.17, 15) is 4.79 Å². The van der Waals surface area contributed by atoms with Crippen molar-refractivity contribution in [3.8, 4) is 0 Å². The molecule has 3 nitrogen and oxygen atoms in total. The molecule has 18 heavy (non-hydrogen) atoms. The molecule has 1 atom stereocenters. The zero-order valence-corrected chi connectivity index (χ0v) is 11.4. The topological polar surface area (TPSA) is 55.1 Å². The lowest BCUT2D eigenvalue weighted by Crippen LogP contribution is -2.35. The van der Waals surface area contributed by atoms with Gasteiger partial charge < -0.3 is 11.1 Å². The Morgan fingerprint density at radius 3 is 2.83 bits per heavy atom. The molecule has 1 unspecified atom stereocenters. The molecular weight excluding hydrogens is 224 g/mol. The first-order valence-electron chi connectivity index (χ1n) is 6.70. The molecule has 0 saturated heterocycles. The van der Waals surface area contributed by atoms with Gasteiger partial charge in [0, 0.05) is 12.5 Å². The molecule has 0 aliphatic carbocycles. The largest absolute Gasteiger partial charge is 0.353 e. The number of hydrogen-bond donors (Lipinski definition) is 2. The fourth-order valence-electron chi connectivity index (χ4n) is 2.00. The number of carbonyl (C=O) groups is 1. The van der Waals surface area contributed by atoms with Crippen LogP contribution in [0.1, 0.15) is 37.3 Å². The molecule has 1 rings (SSSR count). The smallest absolute Gasteiger partial charge is 0.220 e. The summed E-state index contributed by atoms with van der Waals surface area (Å²) in [6.07, 6.45) is 3.14. The summed E-state index contributed by atoms with van der Waals surface area (Å²) in [6, 6.07) is 8.52. The lowest BCUT2D eigenvalue weighted by Gasteiger charge is -2.15. The van der Waals surface area contributed by atoms with Crippen LogP contribution in [0, 0.1) is 6.92 Å². The van der Waals surface area contributed by atoms with Gasteiger partial charge in [0.1, 0.15) is 0 Å². The fraction of sp³-hybridized carbons (Fsp3) is 0.533. The summed E-state index contributed by atoms with van der Waals surface area (Å²) in [5.41, 5.74) is 7.97. The Bertz CT molecular complexity index is 377. The molecule has 0 aromatic heterocycles. The van der Waals surface area contributed by atoms with Gasteiger partial charge in [0.25, 0.3) is 0 Å². The second kappa shape index (κ2) is 7.88. The molecule has 0 aliphatic rings. The number of rotatable bonds is 7. The maximum absolute atomic E-state index is 11.8. The van der Waals surface area contributed by atoms with E-state index in [1.54, 1.807) is 0 Å². The van der Waals surface area contributed by atoms with Crippen molar-refractivity contribution in [1.82, 2.24) is 5.32 Å². The van der Waals surface area contributed by atoms with E-state index in [1.165, 1.54) is 11.1 Å². The highest BCUT2D eigenvalue weighted by Gasteiger charge is 2.09. The first kappa shape index (κ1) is 14.7. The van der Waals surface area contributed by atoms with Crippen LogP contribution in [-0.4, -0.2) is 18.5 Å². The fourth-order valence-corrected chi connectivity index (χ4v) is 2.00. The lowest BCUT2D eigenvalue weighted by atomic mass is 10.1. The van der Waals surface area contributed by atoms with Gasteiger partial charge >= 0.3 is 0 Å². The van der Waals surface area contributed by atoms with Gasteiger partial charge in [0.2, 0.25) is 5.91 Å². The highest BCUT2D eigenvalue weighted by Crippen LogP contribution is 2.07. The van der Waals surface area contributed by atoms with Crippen molar-refractivity contribution >= 4 is 5.91 Å². The number of nitrogens with one attached hydrogen (secondary N) is 1. The standard InChI is InChI=1S/C15H24N2O/c1-3-14(9-10-16)17-15(18)8-7-13-6-4-5-12(2)11-13/h4-6,11,14H,3,7-10,16H2,1-2H3,(H,17,18). The molecule has 0 saturated carbocycles. The molecule has 1 amide bonds. The number of carbonyl (C=O) groups excluding carboxylic acids is 1. The molecular formula is C15H24N2O. The zero-order valence-electron chi connectivity index (χ0n) is 11.4. The number of hydrogen-bond acceptors (Lipinski definition) is 2. The molecule has 1 aromatic rings. The van der Waals surface area contributed by atoms with E-state index in [4.69, 9.17) is 5.73 Å². The van der Waals surface area contributed by atoms with Gasteiger partial charge in [-0.05, 0) is 38.3 Å². The van der Waals surface area contributed by atoms with Crippen molar-refractivity contribution in [2.45, 2.75) is 45.6 Å². The van der Waals surface area contributed by atoms with E-state index in [2.05, 4.69) is 37.4 Å². The summed E-state index contributed by atoms with van der Waals surface area (Å²) < 4.78 is 0. The van der Waals surface area contributed by atoms with Gasteiger partial charge in [-0.15, -0.1) is 0 Å². The Kier molecular flexibility index (Phi) is 6.44. The van der Waals surface area contributed by atoms with Crippen molar-refractivity contribution in [3.63, 3.8) is 0 Å². The van der Waals surface area contributed by atoms with Gasteiger partial charge in [0.15, 0.2) is 0 Å². The molecule has 0 heterocycles. The molecule has 0 aliphatic heterocycles. The molecule has 1 aromatic carbocycles. The zero-order chi connectivity index (χ0) is 13.4. The molecule has 0 bridgehead atoms. The Morgan fingerprint density at radius 1 is 1.44 bits per heavy atom. The predicted octanol–water partition coefficient (Wildman–Crippen LogP) is 2.17. The maximum Gasteiger partial charge on any atom is 0.220 e. The summed E-state index contributed by atoms with van der Waals surface area (Å²) in [7, 11) is 0. The number of nitrogens with two attached hydrogens (primary N) is 1. The lowest BCUT2D eigenvalue weighted by molar-refractivity contribution is -0.121. The predicted molar refractivity (Wildman–Crippen MR) is 75.4 cm³/mol. The van der Waals surface area contributed by atoms with E-state index < -0.39 is 0 Å². The highest BCUT2D eigenvalue weighted by molar-refractivity contribution is 5.76. The summed E-state index contributed by atoms with van der Waals surface area (Å²) >= 11 is 0. The summed E-state index contributed by atoms with van der Waals surface area (Å²) in [6.45, 7) is 4.76. The minimum atomic E-state index is 0.122. The molecule has 3 N–H and O–H groups in total. The maximum atomic E-state index is 11.8. The van der Waals surface area contributed by atoms with Crippen molar-refractivity contribution in [3.05, 3.63) is 35.4 Å². The van der Waals surface area contributed by atoms with E-state index in [1.807, 2.05) is 6.07 Å². The summed E-state index contributed by atoms with van der Waals surface area (Å²) in [4.78, 5) is 11.8. The third kappa shape index (κ3) is 5.32. The van der Waals surface area contributed by atoms with Gasteiger partial charge in [-0.25, -0.2) is 0 Å². The average Bonchev–Trinajstić information content (AvgIpc) is 2.36. The van der Waals surface area contributed by atoms with Gasteiger partial charge in [-0.3, -0.25) is 4.79 Å². The number of amides is 1. The Hall–Kier alpha value is -1.35. The van der Waals surface area contributed by atoms with Crippen molar-refractivity contribution < 1.29 is 4.79 Å². The quantitative estimate of drug-likeness (QED) is 0.777. The molecule has 0 spiro atoms. The van der Waals surface area contributed by atoms with Crippen LogP contribution in [0.3, 0.4) is 0 Å². The van der Waals surface area contributed by atoms with Gasteiger partial charge in [-0.1, -0.05) is 36.8 Å². The second-order valence-corrected chi connectivity index (χ2v) is 4.74. The van der Waals surface area contributed by atoms with Crippen molar-refractivity contribution in [1.29, 1.82) is 0 Å². The Balaban J connectivity index is 2.36. The third-order valence-electron chi connectivity index (χ3n) is 3.10. The van der Waals surface area contributed by atoms with Crippen LogP contribution >= 0.6 is 0 Å². The summed E-state index contributed by atoms with van der Waals surface area (Å²) in [5, 5.41) is 3.03. The Morgan fingerprint density at radius 2 is 2.22 bits per heavy atom. The number of aryl methyl sites for hydroxylation is 2. The first-order valence-corrected chi connectivity index (χ1v) is 6.70. The monoisotopic (exact) mass is 248 g/mol. The average molecular weight is 248 g/mol. The molecule has 3 heteroatoms. The molecule has 0 fully saturated rings. The van der Waals surface area contributed by atoms with Crippen LogP contribution in [0.15, 0.2) is 24.3 Å². The SMILES string of the molecule is CCC(CCN)NC(=O)CCc1cccc(C)c1. The van der Waals surface area contributed by atoms with Crippen LogP contribution in [0.4, 0.5) is 0 Å².